The van der Waals surface area contributed by atoms with E-state index in [0.717, 1.165) is 10.5 Å². The third-order valence-electron chi connectivity index (χ3n) is 2.99. The summed E-state index contributed by atoms with van der Waals surface area (Å²) >= 11 is 0. The molecule has 0 atom stereocenters. The minimum Gasteiger partial charge on any atom is -0.508 e. The number of carbonyl (C=O) groups is 2. The van der Waals surface area contributed by atoms with Crippen LogP contribution in [0.5, 0.6) is 5.75 Å². The van der Waals surface area contributed by atoms with E-state index in [1.54, 1.807) is 24.3 Å². The minimum atomic E-state index is -0.530. The van der Waals surface area contributed by atoms with Crippen molar-refractivity contribution in [3.63, 3.8) is 0 Å². The zero-order chi connectivity index (χ0) is 16.8. The Morgan fingerprint density at radius 1 is 1.26 bits per heavy atom. The predicted molar refractivity (Wildman–Crippen MR) is 85.9 cm³/mol. The first-order valence-corrected chi connectivity index (χ1v) is 6.84. The van der Waals surface area contributed by atoms with Gasteiger partial charge in [0.1, 0.15) is 11.4 Å². The van der Waals surface area contributed by atoms with Crippen LogP contribution in [0.2, 0.25) is 0 Å². The summed E-state index contributed by atoms with van der Waals surface area (Å²) in [6.07, 6.45) is 4.97. The van der Waals surface area contributed by atoms with E-state index in [-0.39, 0.29) is 17.4 Å². The van der Waals surface area contributed by atoms with E-state index in [2.05, 4.69) is 10.3 Å². The highest BCUT2D eigenvalue weighted by molar-refractivity contribution is 6.12. The lowest BCUT2D eigenvalue weighted by Crippen LogP contribution is -2.24. The molecule has 0 aliphatic carbocycles. The second-order valence-electron chi connectivity index (χ2n) is 4.73. The van der Waals surface area contributed by atoms with Crippen molar-refractivity contribution >= 4 is 24.0 Å². The Labute approximate surface area is 132 Å². The summed E-state index contributed by atoms with van der Waals surface area (Å²) in [6, 6.07) is 5.83. The van der Waals surface area contributed by atoms with E-state index in [1.807, 2.05) is 0 Å². The zero-order valence-electron chi connectivity index (χ0n) is 12.3. The molecule has 0 bridgehead atoms. The molecule has 0 radical (unpaired) electrons. The molecule has 6 N–H and O–H groups in total. The quantitative estimate of drug-likeness (QED) is 0.206. The van der Waals surface area contributed by atoms with Gasteiger partial charge in [0.2, 0.25) is 0 Å². The Bertz CT molecular complexity index is 688. The summed E-state index contributed by atoms with van der Waals surface area (Å²) in [5, 5.41) is 11.7. The summed E-state index contributed by atoms with van der Waals surface area (Å²) in [4.78, 5) is 28.7. The Morgan fingerprint density at radius 2 is 1.96 bits per heavy atom. The number of benzene rings is 1. The van der Waals surface area contributed by atoms with Crippen LogP contribution in [0.15, 0.2) is 47.2 Å². The molecule has 1 saturated heterocycles. The average molecular weight is 315 g/mol. The largest absolute Gasteiger partial charge is 0.508 e. The number of rotatable bonds is 5. The van der Waals surface area contributed by atoms with Crippen molar-refractivity contribution in [2.45, 2.75) is 6.42 Å². The van der Waals surface area contributed by atoms with Gasteiger partial charge in [-0.25, -0.2) is 9.69 Å². The van der Waals surface area contributed by atoms with Gasteiger partial charge in [0.25, 0.3) is 5.91 Å². The molecule has 1 heterocycles. The number of phenolic OH excluding ortho intramolecular Hbond substituents is 1. The van der Waals surface area contributed by atoms with Gasteiger partial charge in [0, 0.05) is 12.7 Å². The number of amides is 3. The maximum Gasteiger partial charge on any atom is 0.333 e. The monoisotopic (exact) mass is 315 g/mol. The molecule has 0 spiro atoms. The number of nitrogens with two attached hydrogens (primary N) is 2. The van der Waals surface area contributed by atoms with Gasteiger partial charge in [0.05, 0.1) is 0 Å². The molecular formula is C15H17N5O3. The third-order valence-corrected chi connectivity index (χ3v) is 2.99. The number of aromatic hydroxyl groups is 1. The minimum absolute atomic E-state index is 0.0244. The van der Waals surface area contributed by atoms with Crippen molar-refractivity contribution < 1.29 is 14.7 Å². The molecule has 0 saturated carbocycles. The SMILES string of the molecule is NC(N)=NCC/C=C1\NC(=O)N(/C=C/c2ccc(O)cc2)C1=O. The number of carbonyl (C=O) groups excluding carboxylic acids is 2. The van der Waals surface area contributed by atoms with Crippen molar-refractivity contribution in [1.82, 2.24) is 10.2 Å². The Hall–Kier alpha value is -3.29. The summed E-state index contributed by atoms with van der Waals surface area (Å²) in [5.41, 5.74) is 11.3. The molecule has 120 valence electrons. The van der Waals surface area contributed by atoms with E-state index in [1.165, 1.54) is 18.3 Å². The first kappa shape index (κ1) is 16.1. The first-order valence-electron chi connectivity index (χ1n) is 6.84. The van der Waals surface area contributed by atoms with Gasteiger partial charge >= 0.3 is 6.03 Å². The number of phenols is 1. The van der Waals surface area contributed by atoms with Gasteiger partial charge in [-0.2, -0.15) is 0 Å². The van der Waals surface area contributed by atoms with E-state index in [4.69, 9.17) is 11.5 Å². The zero-order valence-corrected chi connectivity index (χ0v) is 12.3. The fourth-order valence-electron chi connectivity index (χ4n) is 1.87. The van der Waals surface area contributed by atoms with E-state index in [0.29, 0.717) is 13.0 Å². The number of aliphatic imine (C=N–C) groups is 1. The van der Waals surface area contributed by atoms with Crippen molar-refractivity contribution in [3.05, 3.63) is 47.8 Å². The maximum absolute atomic E-state index is 12.1. The van der Waals surface area contributed by atoms with Gasteiger partial charge in [-0.05, 0) is 30.2 Å². The third kappa shape index (κ3) is 4.34. The molecule has 0 unspecified atom stereocenters. The van der Waals surface area contributed by atoms with E-state index >= 15 is 0 Å². The molecule has 1 aromatic carbocycles. The second-order valence-corrected chi connectivity index (χ2v) is 4.73. The van der Waals surface area contributed by atoms with Crippen LogP contribution in [-0.4, -0.2) is 34.4 Å². The van der Waals surface area contributed by atoms with Gasteiger partial charge in [-0.15, -0.1) is 0 Å². The molecule has 8 heteroatoms. The first-order chi connectivity index (χ1) is 11.0. The number of nitrogens with zero attached hydrogens (tertiary/aromatic N) is 2. The molecule has 0 aromatic heterocycles. The van der Waals surface area contributed by atoms with Crippen LogP contribution in [0.4, 0.5) is 4.79 Å². The summed E-state index contributed by atoms with van der Waals surface area (Å²) in [5.74, 6) is -0.332. The fourth-order valence-corrected chi connectivity index (χ4v) is 1.87. The van der Waals surface area contributed by atoms with E-state index < -0.39 is 11.9 Å². The van der Waals surface area contributed by atoms with Crippen LogP contribution in [-0.2, 0) is 4.79 Å². The summed E-state index contributed by atoms with van der Waals surface area (Å²) < 4.78 is 0. The number of imide groups is 1. The molecule has 8 nitrogen and oxygen atoms in total. The van der Waals surface area contributed by atoms with Crippen LogP contribution in [0.25, 0.3) is 6.08 Å². The van der Waals surface area contributed by atoms with Crippen LogP contribution >= 0.6 is 0 Å². The number of nitrogens with one attached hydrogen (secondary N) is 1. The van der Waals surface area contributed by atoms with E-state index in [9.17, 15) is 14.7 Å². The van der Waals surface area contributed by atoms with Crippen molar-refractivity contribution in [3.8, 4) is 5.75 Å². The van der Waals surface area contributed by atoms with Crippen LogP contribution in [0.1, 0.15) is 12.0 Å². The highest BCUT2D eigenvalue weighted by Gasteiger charge is 2.31. The van der Waals surface area contributed by atoms with Crippen molar-refractivity contribution in [1.29, 1.82) is 0 Å². The lowest BCUT2D eigenvalue weighted by Gasteiger charge is -2.04. The predicted octanol–water partition coefficient (Wildman–Crippen LogP) is 0.462. The highest BCUT2D eigenvalue weighted by Crippen LogP contribution is 2.14. The maximum atomic E-state index is 12.1. The smallest absolute Gasteiger partial charge is 0.333 e. The summed E-state index contributed by atoms with van der Waals surface area (Å²) in [6.45, 7) is 0.332. The van der Waals surface area contributed by atoms with Crippen LogP contribution in [0, 0.1) is 0 Å². The molecule has 1 aliphatic rings. The molecule has 23 heavy (non-hydrogen) atoms. The molecule has 1 fully saturated rings. The standard InChI is InChI=1S/C15H17N5O3/c16-14(17)18-8-1-2-12-13(22)20(15(23)19-12)9-7-10-3-5-11(21)6-4-10/h2-7,9,21H,1,8H2,(H,19,23)(H4,16,17,18)/b9-7+,12-2-. The normalized spacial score (nSPS) is 16.2. The number of urea groups is 1. The molecule has 3 amide bonds. The van der Waals surface area contributed by atoms with Gasteiger partial charge in [0.15, 0.2) is 5.96 Å². The number of guanidine groups is 1. The van der Waals surface area contributed by atoms with Crippen LogP contribution < -0.4 is 16.8 Å². The lowest BCUT2D eigenvalue weighted by molar-refractivity contribution is -0.121. The molecule has 2 rings (SSSR count). The Balaban J connectivity index is 2.02. The molecule has 1 aliphatic heterocycles. The Morgan fingerprint density at radius 3 is 2.61 bits per heavy atom. The van der Waals surface area contributed by atoms with Crippen molar-refractivity contribution in [2.75, 3.05) is 6.54 Å². The second kappa shape index (κ2) is 7.12. The van der Waals surface area contributed by atoms with Crippen molar-refractivity contribution in [2.24, 2.45) is 16.5 Å². The van der Waals surface area contributed by atoms with Crippen LogP contribution in [0.3, 0.4) is 0 Å². The summed E-state index contributed by atoms with van der Waals surface area (Å²) in [7, 11) is 0. The lowest BCUT2D eigenvalue weighted by atomic mass is 10.2. The average Bonchev–Trinajstić information content (AvgIpc) is 2.77. The Kier molecular flexibility index (Phi) is 4.98. The fraction of sp³-hybridized carbons (Fsp3) is 0.133. The topological polar surface area (TPSA) is 134 Å². The number of hydrogen-bond donors (Lipinski definition) is 4. The van der Waals surface area contributed by atoms with Gasteiger partial charge in [-0.3, -0.25) is 9.79 Å². The van der Waals surface area contributed by atoms with Gasteiger partial charge in [-0.1, -0.05) is 18.2 Å². The highest BCUT2D eigenvalue weighted by atomic mass is 16.3. The molecule has 1 aromatic rings. The molecular weight excluding hydrogens is 298 g/mol. The number of hydrogen-bond acceptors (Lipinski definition) is 4. The van der Waals surface area contributed by atoms with Gasteiger partial charge < -0.3 is 21.9 Å².